The Balaban J connectivity index is 1.90. The van der Waals surface area contributed by atoms with E-state index in [-0.39, 0.29) is 0 Å². The fourth-order valence-corrected chi connectivity index (χ4v) is 2.66. The summed E-state index contributed by atoms with van der Waals surface area (Å²) in [6.45, 7) is 0.707. The molecule has 2 rings (SSSR count). The standard InChI is InChI=1S/C16H19NOS/c1-18-15-6-2-14(3-7-15)12-19-16-8-4-13(5-9-16)10-11-17/h2-9H,10-12,17H2,1H3. The van der Waals surface area contributed by atoms with Gasteiger partial charge in [-0.05, 0) is 48.4 Å². The molecule has 0 amide bonds. The van der Waals surface area contributed by atoms with Crippen molar-refractivity contribution in [3.8, 4) is 5.75 Å². The van der Waals surface area contributed by atoms with Gasteiger partial charge in [-0.25, -0.2) is 0 Å². The van der Waals surface area contributed by atoms with Crippen molar-refractivity contribution in [3.63, 3.8) is 0 Å². The fourth-order valence-electron chi connectivity index (χ4n) is 1.81. The molecule has 0 aliphatic heterocycles. The normalized spacial score (nSPS) is 10.4. The Labute approximate surface area is 119 Å². The third-order valence-electron chi connectivity index (χ3n) is 2.92. The van der Waals surface area contributed by atoms with Gasteiger partial charge in [0.25, 0.3) is 0 Å². The molecule has 0 saturated heterocycles. The number of nitrogens with two attached hydrogens (primary N) is 1. The van der Waals surface area contributed by atoms with Crippen LogP contribution in [0.25, 0.3) is 0 Å². The van der Waals surface area contributed by atoms with E-state index < -0.39 is 0 Å². The fraction of sp³-hybridized carbons (Fsp3) is 0.250. The largest absolute Gasteiger partial charge is 0.497 e. The molecular weight excluding hydrogens is 254 g/mol. The third-order valence-corrected chi connectivity index (χ3v) is 4.00. The predicted octanol–water partition coefficient (Wildman–Crippen LogP) is 3.49. The first-order valence-corrected chi connectivity index (χ1v) is 7.35. The Hall–Kier alpha value is -1.45. The first kappa shape index (κ1) is 14.0. The predicted molar refractivity (Wildman–Crippen MR) is 81.8 cm³/mol. The summed E-state index contributed by atoms with van der Waals surface area (Å²) in [6.07, 6.45) is 0.948. The topological polar surface area (TPSA) is 35.2 Å². The molecule has 0 spiro atoms. The molecule has 0 aliphatic carbocycles. The second kappa shape index (κ2) is 7.22. The summed E-state index contributed by atoms with van der Waals surface area (Å²) < 4.78 is 5.15. The van der Waals surface area contributed by atoms with E-state index in [1.165, 1.54) is 16.0 Å². The van der Waals surface area contributed by atoms with Crippen molar-refractivity contribution in [2.45, 2.75) is 17.1 Å². The Morgan fingerprint density at radius 3 is 2.16 bits per heavy atom. The first-order chi connectivity index (χ1) is 9.31. The van der Waals surface area contributed by atoms with Crippen molar-refractivity contribution in [3.05, 3.63) is 59.7 Å². The van der Waals surface area contributed by atoms with Crippen molar-refractivity contribution in [2.24, 2.45) is 5.73 Å². The van der Waals surface area contributed by atoms with Gasteiger partial charge in [-0.2, -0.15) is 0 Å². The van der Waals surface area contributed by atoms with Crippen LogP contribution in [0.1, 0.15) is 11.1 Å². The summed E-state index contributed by atoms with van der Waals surface area (Å²) in [5.74, 6) is 1.88. The lowest BCUT2D eigenvalue weighted by Crippen LogP contribution is -2.02. The lowest BCUT2D eigenvalue weighted by molar-refractivity contribution is 0.414. The Kier molecular flexibility index (Phi) is 5.31. The van der Waals surface area contributed by atoms with Gasteiger partial charge in [0.2, 0.25) is 0 Å². The van der Waals surface area contributed by atoms with Crippen LogP contribution in [0.4, 0.5) is 0 Å². The van der Waals surface area contributed by atoms with Crippen LogP contribution in [0.15, 0.2) is 53.4 Å². The van der Waals surface area contributed by atoms with Crippen LogP contribution in [0.3, 0.4) is 0 Å². The molecule has 100 valence electrons. The van der Waals surface area contributed by atoms with E-state index in [1.54, 1.807) is 7.11 Å². The summed E-state index contributed by atoms with van der Waals surface area (Å²) >= 11 is 1.84. The van der Waals surface area contributed by atoms with Crippen molar-refractivity contribution in [1.29, 1.82) is 0 Å². The minimum Gasteiger partial charge on any atom is -0.497 e. The van der Waals surface area contributed by atoms with Crippen LogP contribution in [0, 0.1) is 0 Å². The van der Waals surface area contributed by atoms with Gasteiger partial charge in [0.05, 0.1) is 7.11 Å². The van der Waals surface area contributed by atoms with Gasteiger partial charge in [0.15, 0.2) is 0 Å². The molecule has 2 N–H and O–H groups in total. The van der Waals surface area contributed by atoms with E-state index in [4.69, 9.17) is 10.5 Å². The van der Waals surface area contributed by atoms with Gasteiger partial charge in [0.1, 0.15) is 5.75 Å². The molecule has 2 aromatic carbocycles. The number of ether oxygens (including phenoxy) is 1. The van der Waals surface area contributed by atoms with Gasteiger partial charge in [-0.3, -0.25) is 0 Å². The molecule has 0 bridgehead atoms. The maximum atomic E-state index is 5.54. The minimum atomic E-state index is 0.707. The van der Waals surface area contributed by atoms with Gasteiger partial charge in [0, 0.05) is 10.6 Å². The average Bonchev–Trinajstić information content (AvgIpc) is 2.47. The number of hydrogen-bond donors (Lipinski definition) is 1. The highest BCUT2D eigenvalue weighted by Crippen LogP contribution is 2.24. The molecule has 0 heterocycles. The van der Waals surface area contributed by atoms with Crippen LogP contribution in [-0.2, 0) is 12.2 Å². The maximum absolute atomic E-state index is 5.54. The summed E-state index contributed by atoms with van der Waals surface area (Å²) in [6, 6.07) is 16.9. The molecule has 19 heavy (non-hydrogen) atoms. The van der Waals surface area contributed by atoms with Gasteiger partial charge in [-0.1, -0.05) is 24.3 Å². The van der Waals surface area contributed by atoms with E-state index in [0.717, 1.165) is 17.9 Å². The monoisotopic (exact) mass is 273 g/mol. The van der Waals surface area contributed by atoms with Crippen molar-refractivity contribution in [2.75, 3.05) is 13.7 Å². The molecule has 0 fully saturated rings. The highest BCUT2D eigenvalue weighted by molar-refractivity contribution is 7.98. The van der Waals surface area contributed by atoms with Gasteiger partial charge >= 0.3 is 0 Å². The van der Waals surface area contributed by atoms with E-state index in [9.17, 15) is 0 Å². The Morgan fingerprint density at radius 1 is 0.947 bits per heavy atom. The molecule has 0 atom stereocenters. The number of rotatable bonds is 6. The number of hydrogen-bond acceptors (Lipinski definition) is 3. The van der Waals surface area contributed by atoms with Crippen LogP contribution in [-0.4, -0.2) is 13.7 Å². The highest BCUT2D eigenvalue weighted by atomic mass is 32.2. The molecule has 2 nitrogen and oxygen atoms in total. The zero-order chi connectivity index (χ0) is 13.5. The zero-order valence-corrected chi connectivity index (χ0v) is 12.0. The summed E-state index contributed by atoms with van der Waals surface area (Å²) in [4.78, 5) is 1.29. The Morgan fingerprint density at radius 2 is 1.58 bits per heavy atom. The average molecular weight is 273 g/mol. The minimum absolute atomic E-state index is 0.707. The van der Waals surface area contributed by atoms with Crippen molar-refractivity contribution < 1.29 is 4.74 Å². The summed E-state index contributed by atoms with van der Waals surface area (Å²) in [5.41, 5.74) is 8.15. The molecule has 2 aromatic rings. The van der Waals surface area contributed by atoms with Crippen LogP contribution >= 0.6 is 11.8 Å². The van der Waals surface area contributed by atoms with Crippen molar-refractivity contribution >= 4 is 11.8 Å². The Bertz CT molecular complexity index is 493. The third kappa shape index (κ3) is 4.30. The SMILES string of the molecule is COc1ccc(CSc2ccc(CCN)cc2)cc1. The van der Waals surface area contributed by atoms with Gasteiger partial charge in [-0.15, -0.1) is 11.8 Å². The molecule has 0 aromatic heterocycles. The molecule has 0 radical (unpaired) electrons. The quantitative estimate of drug-likeness (QED) is 0.818. The maximum Gasteiger partial charge on any atom is 0.118 e. The zero-order valence-electron chi connectivity index (χ0n) is 11.1. The van der Waals surface area contributed by atoms with Gasteiger partial charge < -0.3 is 10.5 Å². The molecule has 0 aliphatic rings. The smallest absolute Gasteiger partial charge is 0.118 e. The van der Waals surface area contributed by atoms with E-state index in [0.29, 0.717) is 6.54 Å². The van der Waals surface area contributed by atoms with E-state index >= 15 is 0 Å². The lowest BCUT2D eigenvalue weighted by atomic mass is 10.2. The molecular formula is C16H19NOS. The molecule has 0 saturated carbocycles. The number of methoxy groups -OCH3 is 1. The lowest BCUT2D eigenvalue weighted by Gasteiger charge is -2.05. The molecule has 3 heteroatoms. The first-order valence-electron chi connectivity index (χ1n) is 6.36. The molecule has 0 unspecified atom stereocenters. The highest BCUT2D eigenvalue weighted by Gasteiger charge is 1.98. The van der Waals surface area contributed by atoms with E-state index in [2.05, 4.69) is 36.4 Å². The van der Waals surface area contributed by atoms with Crippen molar-refractivity contribution in [1.82, 2.24) is 0 Å². The summed E-state index contributed by atoms with van der Waals surface area (Å²) in [7, 11) is 1.69. The van der Waals surface area contributed by atoms with Crippen LogP contribution in [0.5, 0.6) is 5.75 Å². The van der Waals surface area contributed by atoms with E-state index in [1.807, 2.05) is 23.9 Å². The van der Waals surface area contributed by atoms with Crippen LogP contribution < -0.4 is 10.5 Å². The summed E-state index contributed by atoms with van der Waals surface area (Å²) in [5, 5.41) is 0. The van der Waals surface area contributed by atoms with Crippen LogP contribution in [0.2, 0.25) is 0 Å². The second-order valence-corrected chi connectivity index (χ2v) is 5.37. The number of thioether (sulfide) groups is 1. The second-order valence-electron chi connectivity index (χ2n) is 4.32. The number of benzene rings is 2.